The fraction of sp³-hybridized carbons (Fsp3) is 0.278. The topological polar surface area (TPSA) is 87.7 Å². The lowest BCUT2D eigenvalue weighted by Crippen LogP contribution is -2.36. The molecular formula is C18H21N3O4S. The third-order valence-electron chi connectivity index (χ3n) is 3.93. The number of anilines is 3. The van der Waals surface area contributed by atoms with E-state index in [1.807, 2.05) is 24.3 Å². The molecular weight excluding hydrogens is 354 g/mol. The van der Waals surface area contributed by atoms with Crippen molar-refractivity contribution in [2.45, 2.75) is 0 Å². The standard InChI is InChI=1S/C18H21N3O4S/c1-26(23,24)20-15-6-4-5-14(13-15)18(22)19-16-7-2-3-8-17(16)21-9-11-25-12-10-21/h2-8,13,20H,9-12H2,1H3,(H,19,22). The molecule has 138 valence electrons. The van der Waals surface area contributed by atoms with Crippen LogP contribution in [-0.2, 0) is 14.8 Å². The minimum absolute atomic E-state index is 0.303. The molecule has 26 heavy (non-hydrogen) atoms. The van der Waals surface area contributed by atoms with Crippen molar-refractivity contribution in [1.82, 2.24) is 0 Å². The van der Waals surface area contributed by atoms with Gasteiger partial charge in [0.05, 0.1) is 30.8 Å². The molecule has 2 N–H and O–H groups in total. The number of morpholine rings is 1. The molecule has 0 unspecified atom stereocenters. The van der Waals surface area contributed by atoms with Crippen molar-refractivity contribution in [2.75, 3.05) is 47.5 Å². The molecule has 2 aromatic rings. The minimum Gasteiger partial charge on any atom is -0.378 e. The van der Waals surface area contributed by atoms with Crippen molar-refractivity contribution in [3.63, 3.8) is 0 Å². The zero-order valence-corrected chi connectivity index (χ0v) is 15.3. The van der Waals surface area contributed by atoms with Crippen molar-refractivity contribution >= 4 is 33.0 Å². The average Bonchev–Trinajstić information content (AvgIpc) is 2.62. The molecule has 2 aromatic carbocycles. The molecule has 1 saturated heterocycles. The summed E-state index contributed by atoms with van der Waals surface area (Å²) in [5.41, 5.74) is 2.37. The number of sulfonamides is 1. The predicted molar refractivity (Wildman–Crippen MR) is 102 cm³/mol. The first-order valence-corrected chi connectivity index (χ1v) is 10.1. The lowest BCUT2D eigenvalue weighted by molar-refractivity contribution is 0.102. The predicted octanol–water partition coefficient (Wildman–Crippen LogP) is 2.15. The van der Waals surface area contributed by atoms with Gasteiger partial charge in [-0.2, -0.15) is 0 Å². The first-order valence-electron chi connectivity index (χ1n) is 8.23. The molecule has 7 nitrogen and oxygen atoms in total. The SMILES string of the molecule is CS(=O)(=O)Nc1cccc(C(=O)Nc2ccccc2N2CCOCC2)c1. The highest BCUT2D eigenvalue weighted by atomic mass is 32.2. The molecule has 1 aliphatic heterocycles. The quantitative estimate of drug-likeness (QED) is 0.836. The third-order valence-corrected chi connectivity index (χ3v) is 4.54. The summed E-state index contributed by atoms with van der Waals surface area (Å²) in [6.07, 6.45) is 1.07. The van der Waals surface area contributed by atoms with E-state index < -0.39 is 10.0 Å². The Labute approximate surface area is 153 Å². The maximum atomic E-state index is 12.6. The minimum atomic E-state index is -3.40. The van der Waals surface area contributed by atoms with Crippen LogP contribution < -0.4 is 14.9 Å². The van der Waals surface area contributed by atoms with Crippen LogP contribution in [-0.4, -0.2) is 46.9 Å². The number of hydrogen-bond acceptors (Lipinski definition) is 5. The van der Waals surface area contributed by atoms with Gasteiger partial charge in [0.15, 0.2) is 0 Å². The number of amides is 1. The molecule has 1 aliphatic rings. The van der Waals surface area contributed by atoms with Crippen molar-refractivity contribution in [3.8, 4) is 0 Å². The van der Waals surface area contributed by atoms with Crippen molar-refractivity contribution in [1.29, 1.82) is 0 Å². The number of para-hydroxylation sites is 2. The number of ether oxygens (including phenoxy) is 1. The number of benzene rings is 2. The van der Waals surface area contributed by atoms with Gasteiger partial charge in [-0.15, -0.1) is 0 Å². The highest BCUT2D eigenvalue weighted by Crippen LogP contribution is 2.27. The second-order valence-corrected chi connectivity index (χ2v) is 7.77. The Morgan fingerprint density at radius 1 is 1.08 bits per heavy atom. The molecule has 0 saturated carbocycles. The van der Waals surface area contributed by atoms with E-state index in [2.05, 4.69) is 14.9 Å². The summed E-state index contributed by atoms with van der Waals surface area (Å²) in [5.74, 6) is -0.303. The first-order chi connectivity index (χ1) is 12.4. The Hall–Kier alpha value is -2.58. The molecule has 1 amide bonds. The molecule has 0 aliphatic carbocycles. The number of nitrogens with one attached hydrogen (secondary N) is 2. The Morgan fingerprint density at radius 2 is 1.81 bits per heavy atom. The average molecular weight is 375 g/mol. The van der Waals surface area contributed by atoms with E-state index in [0.29, 0.717) is 30.2 Å². The second kappa shape index (κ2) is 7.76. The summed E-state index contributed by atoms with van der Waals surface area (Å²) in [4.78, 5) is 14.8. The number of carbonyl (C=O) groups excluding carboxylic acids is 1. The molecule has 1 fully saturated rings. The zero-order chi connectivity index (χ0) is 18.6. The van der Waals surface area contributed by atoms with Gasteiger partial charge in [-0.25, -0.2) is 8.42 Å². The lowest BCUT2D eigenvalue weighted by atomic mass is 10.1. The van der Waals surface area contributed by atoms with Crippen LogP contribution in [0, 0.1) is 0 Å². The van der Waals surface area contributed by atoms with Crippen LogP contribution in [0.5, 0.6) is 0 Å². The summed E-state index contributed by atoms with van der Waals surface area (Å²) in [6.45, 7) is 2.84. The second-order valence-electron chi connectivity index (χ2n) is 6.03. The van der Waals surface area contributed by atoms with Crippen LogP contribution in [0.3, 0.4) is 0 Å². The lowest BCUT2D eigenvalue weighted by Gasteiger charge is -2.30. The van der Waals surface area contributed by atoms with Crippen LogP contribution in [0.15, 0.2) is 48.5 Å². The monoisotopic (exact) mass is 375 g/mol. The van der Waals surface area contributed by atoms with Gasteiger partial charge in [0.2, 0.25) is 10.0 Å². The number of rotatable bonds is 5. The Bertz CT molecular complexity index is 893. The Kier molecular flexibility index (Phi) is 5.43. The van der Waals surface area contributed by atoms with Crippen LogP contribution in [0.2, 0.25) is 0 Å². The Morgan fingerprint density at radius 3 is 2.54 bits per heavy atom. The molecule has 0 radical (unpaired) electrons. The summed E-state index contributed by atoms with van der Waals surface area (Å²) in [6, 6.07) is 14.0. The zero-order valence-electron chi connectivity index (χ0n) is 14.4. The van der Waals surface area contributed by atoms with Gasteiger partial charge in [-0.05, 0) is 30.3 Å². The molecule has 3 rings (SSSR count). The van der Waals surface area contributed by atoms with E-state index in [0.717, 1.165) is 25.0 Å². The van der Waals surface area contributed by atoms with Gasteiger partial charge in [-0.1, -0.05) is 18.2 Å². The summed E-state index contributed by atoms with van der Waals surface area (Å²) < 4.78 is 30.5. The van der Waals surface area contributed by atoms with E-state index >= 15 is 0 Å². The fourth-order valence-corrected chi connectivity index (χ4v) is 3.35. The number of hydrogen-bond donors (Lipinski definition) is 2. The van der Waals surface area contributed by atoms with Gasteiger partial charge < -0.3 is 15.0 Å². The maximum Gasteiger partial charge on any atom is 0.255 e. The molecule has 0 aromatic heterocycles. The van der Waals surface area contributed by atoms with Gasteiger partial charge in [0.1, 0.15) is 0 Å². The van der Waals surface area contributed by atoms with Gasteiger partial charge >= 0.3 is 0 Å². The highest BCUT2D eigenvalue weighted by Gasteiger charge is 2.16. The third kappa shape index (κ3) is 4.74. The summed E-state index contributed by atoms with van der Waals surface area (Å²) in [5, 5.41) is 2.92. The summed E-state index contributed by atoms with van der Waals surface area (Å²) in [7, 11) is -3.40. The van der Waals surface area contributed by atoms with Crippen LogP contribution in [0.1, 0.15) is 10.4 Å². The van der Waals surface area contributed by atoms with Gasteiger partial charge in [0, 0.05) is 24.3 Å². The largest absolute Gasteiger partial charge is 0.378 e. The maximum absolute atomic E-state index is 12.6. The summed E-state index contributed by atoms with van der Waals surface area (Å²) >= 11 is 0. The van der Waals surface area contributed by atoms with Gasteiger partial charge in [-0.3, -0.25) is 9.52 Å². The normalized spacial score (nSPS) is 14.7. The van der Waals surface area contributed by atoms with Crippen LogP contribution in [0.25, 0.3) is 0 Å². The fourth-order valence-electron chi connectivity index (χ4n) is 2.79. The van der Waals surface area contributed by atoms with E-state index in [4.69, 9.17) is 4.74 Å². The molecule has 0 atom stereocenters. The van der Waals surface area contributed by atoms with Crippen molar-refractivity contribution in [3.05, 3.63) is 54.1 Å². The number of nitrogens with zero attached hydrogens (tertiary/aromatic N) is 1. The van der Waals surface area contributed by atoms with Crippen LogP contribution >= 0.6 is 0 Å². The highest BCUT2D eigenvalue weighted by molar-refractivity contribution is 7.92. The van der Waals surface area contributed by atoms with E-state index in [9.17, 15) is 13.2 Å². The van der Waals surface area contributed by atoms with Crippen molar-refractivity contribution < 1.29 is 17.9 Å². The molecule has 8 heteroatoms. The van der Waals surface area contributed by atoms with E-state index in [-0.39, 0.29) is 5.91 Å². The van der Waals surface area contributed by atoms with Crippen LogP contribution in [0.4, 0.5) is 17.1 Å². The Balaban J connectivity index is 1.79. The number of carbonyl (C=O) groups is 1. The smallest absolute Gasteiger partial charge is 0.255 e. The molecule has 0 bridgehead atoms. The molecule has 1 heterocycles. The van der Waals surface area contributed by atoms with E-state index in [1.165, 1.54) is 6.07 Å². The first kappa shape index (κ1) is 18.2. The van der Waals surface area contributed by atoms with E-state index in [1.54, 1.807) is 18.2 Å². The molecule has 0 spiro atoms. The van der Waals surface area contributed by atoms with Crippen molar-refractivity contribution in [2.24, 2.45) is 0 Å². The van der Waals surface area contributed by atoms with Gasteiger partial charge in [0.25, 0.3) is 5.91 Å².